The molecule has 1 fully saturated rings. The van der Waals surface area contributed by atoms with E-state index in [9.17, 15) is 5.11 Å². The van der Waals surface area contributed by atoms with Crippen molar-refractivity contribution >= 4 is 0 Å². The molecular formula is C14H24N2O2. The summed E-state index contributed by atoms with van der Waals surface area (Å²) in [4.78, 5) is 2.40. The molecule has 0 aromatic carbocycles. The van der Waals surface area contributed by atoms with Gasteiger partial charge in [0.1, 0.15) is 5.76 Å². The molecule has 1 saturated heterocycles. The molecule has 0 bridgehead atoms. The van der Waals surface area contributed by atoms with Crippen molar-refractivity contribution < 1.29 is 9.63 Å². The van der Waals surface area contributed by atoms with E-state index in [2.05, 4.69) is 23.9 Å². The van der Waals surface area contributed by atoms with Crippen molar-refractivity contribution in [1.82, 2.24) is 10.1 Å². The van der Waals surface area contributed by atoms with Crippen molar-refractivity contribution in [3.05, 3.63) is 17.0 Å². The van der Waals surface area contributed by atoms with Crippen LogP contribution in [0, 0.1) is 6.92 Å². The number of hydrogen-bond donors (Lipinski definition) is 1. The Labute approximate surface area is 109 Å². The van der Waals surface area contributed by atoms with Crippen LogP contribution in [0.4, 0.5) is 0 Å². The summed E-state index contributed by atoms with van der Waals surface area (Å²) >= 11 is 0. The van der Waals surface area contributed by atoms with Crippen LogP contribution in [0.3, 0.4) is 0 Å². The third-order valence-corrected chi connectivity index (χ3v) is 4.15. The molecular weight excluding hydrogens is 228 g/mol. The van der Waals surface area contributed by atoms with Crippen LogP contribution in [0.25, 0.3) is 0 Å². The molecule has 1 N–H and O–H groups in total. The Morgan fingerprint density at radius 2 is 2.22 bits per heavy atom. The Hall–Kier alpha value is -0.870. The minimum Gasteiger partial charge on any atom is -0.395 e. The van der Waals surface area contributed by atoms with Gasteiger partial charge in [-0.15, -0.1) is 0 Å². The highest BCUT2D eigenvalue weighted by Crippen LogP contribution is 2.26. The largest absolute Gasteiger partial charge is 0.395 e. The summed E-state index contributed by atoms with van der Waals surface area (Å²) in [7, 11) is 0. The number of aromatic nitrogens is 1. The van der Waals surface area contributed by atoms with Gasteiger partial charge in [-0.2, -0.15) is 0 Å². The van der Waals surface area contributed by atoms with Gasteiger partial charge in [0.15, 0.2) is 0 Å². The molecule has 1 aromatic rings. The Morgan fingerprint density at radius 1 is 1.44 bits per heavy atom. The normalized spacial score (nSPS) is 25.6. The molecule has 2 atom stereocenters. The lowest BCUT2D eigenvalue weighted by atomic mass is 9.95. The van der Waals surface area contributed by atoms with Gasteiger partial charge in [-0.1, -0.05) is 18.5 Å². The molecule has 18 heavy (non-hydrogen) atoms. The molecule has 0 spiro atoms. The van der Waals surface area contributed by atoms with Gasteiger partial charge in [-0.3, -0.25) is 4.90 Å². The molecule has 0 aliphatic carbocycles. The SMILES string of the molecule is CCc1noc(C)c1CN1C(C)CCCC1CO. The average molecular weight is 252 g/mol. The molecule has 0 saturated carbocycles. The van der Waals surface area contributed by atoms with E-state index in [0.29, 0.717) is 6.04 Å². The summed E-state index contributed by atoms with van der Waals surface area (Å²) in [6.45, 7) is 7.42. The van der Waals surface area contributed by atoms with E-state index >= 15 is 0 Å². The van der Waals surface area contributed by atoms with Gasteiger partial charge < -0.3 is 9.63 Å². The van der Waals surface area contributed by atoms with Crippen molar-refractivity contribution in [2.24, 2.45) is 0 Å². The van der Waals surface area contributed by atoms with Crippen LogP contribution in [0.5, 0.6) is 0 Å². The fourth-order valence-electron chi connectivity index (χ4n) is 2.92. The monoisotopic (exact) mass is 252 g/mol. The summed E-state index contributed by atoms with van der Waals surface area (Å²) < 4.78 is 5.29. The molecule has 2 unspecified atom stereocenters. The number of aliphatic hydroxyl groups excluding tert-OH is 1. The van der Waals surface area contributed by atoms with E-state index in [1.54, 1.807) is 0 Å². The number of piperidine rings is 1. The Bertz CT molecular complexity index is 389. The standard InChI is InChI=1S/C14H24N2O2/c1-4-14-13(11(3)18-15-14)8-16-10(2)6-5-7-12(16)9-17/h10,12,17H,4-9H2,1-3H3. The van der Waals surface area contributed by atoms with Gasteiger partial charge in [0.05, 0.1) is 12.3 Å². The molecule has 4 nitrogen and oxygen atoms in total. The second kappa shape index (κ2) is 5.85. The number of aliphatic hydroxyl groups is 1. The molecule has 2 rings (SSSR count). The summed E-state index contributed by atoms with van der Waals surface area (Å²) in [5.41, 5.74) is 2.27. The maximum Gasteiger partial charge on any atom is 0.138 e. The first-order valence-corrected chi connectivity index (χ1v) is 6.98. The highest BCUT2D eigenvalue weighted by atomic mass is 16.5. The maximum atomic E-state index is 9.52. The predicted molar refractivity (Wildman–Crippen MR) is 70.3 cm³/mol. The summed E-state index contributed by atoms with van der Waals surface area (Å²) in [5, 5.41) is 13.6. The second-order valence-electron chi connectivity index (χ2n) is 5.31. The van der Waals surface area contributed by atoms with Crippen molar-refractivity contribution in [3.8, 4) is 0 Å². The number of hydrogen-bond acceptors (Lipinski definition) is 4. The van der Waals surface area contributed by atoms with Gasteiger partial charge in [0, 0.05) is 24.2 Å². The fraction of sp³-hybridized carbons (Fsp3) is 0.786. The number of aryl methyl sites for hydroxylation is 2. The van der Waals surface area contributed by atoms with Crippen molar-refractivity contribution in [2.75, 3.05) is 6.61 Å². The van der Waals surface area contributed by atoms with Crippen LogP contribution in [0.15, 0.2) is 4.52 Å². The van der Waals surface area contributed by atoms with E-state index in [1.807, 2.05) is 6.92 Å². The lowest BCUT2D eigenvalue weighted by Gasteiger charge is -2.39. The van der Waals surface area contributed by atoms with E-state index < -0.39 is 0 Å². The van der Waals surface area contributed by atoms with Crippen LogP contribution in [-0.4, -0.2) is 33.9 Å². The first-order chi connectivity index (χ1) is 8.67. The van der Waals surface area contributed by atoms with Crippen LogP contribution in [-0.2, 0) is 13.0 Å². The zero-order valence-electron chi connectivity index (χ0n) is 11.6. The molecule has 4 heteroatoms. The highest BCUT2D eigenvalue weighted by Gasteiger charge is 2.29. The van der Waals surface area contributed by atoms with Crippen LogP contribution < -0.4 is 0 Å². The van der Waals surface area contributed by atoms with Gasteiger partial charge in [0.2, 0.25) is 0 Å². The average Bonchev–Trinajstić information content (AvgIpc) is 2.73. The maximum absolute atomic E-state index is 9.52. The van der Waals surface area contributed by atoms with E-state index in [4.69, 9.17) is 4.52 Å². The molecule has 1 aliphatic rings. The lowest BCUT2D eigenvalue weighted by Crippen LogP contribution is -2.46. The third kappa shape index (κ3) is 2.59. The van der Waals surface area contributed by atoms with Gasteiger partial charge in [0.25, 0.3) is 0 Å². The van der Waals surface area contributed by atoms with E-state index in [0.717, 1.165) is 30.8 Å². The minimum absolute atomic E-state index is 0.246. The van der Waals surface area contributed by atoms with E-state index in [1.165, 1.54) is 18.4 Å². The first-order valence-electron chi connectivity index (χ1n) is 6.98. The number of likely N-dealkylation sites (tertiary alicyclic amines) is 1. The molecule has 2 heterocycles. The van der Waals surface area contributed by atoms with Crippen LogP contribution in [0.1, 0.15) is 50.1 Å². The third-order valence-electron chi connectivity index (χ3n) is 4.15. The summed E-state index contributed by atoms with van der Waals surface area (Å²) in [6.07, 6.45) is 4.42. The van der Waals surface area contributed by atoms with Crippen molar-refractivity contribution in [1.29, 1.82) is 0 Å². The quantitative estimate of drug-likeness (QED) is 0.893. The van der Waals surface area contributed by atoms with Crippen molar-refractivity contribution in [2.45, 2.75) is 65.1 Å². The predicted octanol–water partition coefficient (Wildman–Crippen LogP) is 2.28. The zero-order chi connectivity index (χ0) is 13.1. The minimum atomic E-state index is 0.246. The molecule has 1 aliphatic heterocycles. The number of rotatable bonds is 4. The van der Waals surface area contributed by atoms with Crippen LogP contribution >= 0.6 is 0 Å². The smallest absolute Gasteiger partial charge is 0.138 e. The Balaban J connectivity index is 2.17. The van der Waals surface area contributed by atoms with Gasteiger partial charge in [-0.25, -0.2) is 0 Å². The zero-order valence-corrected chi connectivity index (χ0v) is 11.6. The molecule has 102 valence electrons. The molecule has 0 amide bonds. The molecule has 0 radical (unpaired) electrons. The first kappa shape index (κ1) is 13.6. The topological polar surface area (TPSA) is 49.5 Å². The van der Waals surface area contributed by atoms with Gasteiger partial charge >= 0.3 is 0 Å². The fourth-order valence-corrected chi connectivity index (χ4v) is 2.92. The highest BCUT2D eigenvalue weighted by molar-refractivity contribution is 5.22. The Kier molecular flexibility index (Phi) is 4.40. The second-order valence-corrected chi connectivity index (χ2v) is 5.31. The van der Waals surface area contributed by atoms with Crippen molar-refractivity contribution in [3.63, 3.8) is 0 Å². The van der Waals surface area contributed by atoms with Gasteiger partial charge in [-0.05, 0) is 33.1 Å². The summed E-state index contributed by atoms with van der Waals surface area (Å²) in [6, 6.07) is 0.808. The van der Waals surface area contributed by atoms with Crippen LogP contribution in [0.2, 0.25) is 0 Å². The van der Waals surface area contributed by atoms with E-state index in [-0.39, 0.29) is 12.6 Å². The lowest BCUT2D eigenvalue weighted by molar-refractivity contribution is 0.0447. The summed E-state index contributed by atoms with van der Waals surface area (Å²) in [5.74, 6) is 0.918. The molecule has 1 aromatic heterocycles. The number of nitrogens with zero attached hydrogens (tertiary/aromatic N) is 2. The Morgan fingerprint density at radius 3 is 2.89 bits per heavy atom.